The molecule has 1 aliphatic carbocycles. The molecule has 40 heavy (non-hydrogen) atoms. The van der Waals surface area contributed by atoms with Gasteiger partial charge in [-0.3, -0.25) is 14.4 Å². The van der Waals surface area contributed by atoms with Crippen molar-refractivity contribution < 1.29 is 23.8 Å². The van der Waals surface area contributed by atoms with Crippen LogP contribution in [-0.4, -0.2) is 59.0 Å². The van der Waals surface area contributed by atoms with Crippen molar-refractivity contribution in [3.05, 3.63) is 69.8 Å². The first kappa shape index (κ1) is 26.1. The molecule has 2 saturated heterocycles. The number of hydrogen-bond donors (Lipinski definition) is 1. The van der Waals surface area contributed by atoms with Crippen molar-refractivity contribution >= 4 is 34.4 Å². The zero-order chi connectivity index (χ0) is 28.1. The van der Waals surface area contributed by atoms with Crippen molar-refractivity contribution in [2.75, 3.05) is 31.6 Å². The fourth-order valence-corrected chi connectivity index (χ4v) is 6.35. The topological polar surface area (TPSA) is 92.1 Å². The van der Waals surface area contributed by atoms with E-state index in [4.69, 9.17) is 4.74 Å². The summed E-state index contributed by atoms with van der Waals surface area (Å²) >= 11 is 0. The summed E-state index contributed by atoms with van der Waals surface area (Å²) in [5.74, 6) is -0.396. The van der Waals surface area contributed by atoms with Gasteiger partial charge in [-0.1, -0.05) is 18.2 Å². The number of phenols is 1. The molecular weight excluding hydrogens is 513 g/mol. The number of piperidine rings is 1. The second-order valence-electron chi connectivity index (χ2n) is 11.0. The number of fused-ring (bicyclic) bond motifs is 2. The highest BCUT2D eigenvalue weighted by molar-refractivity contribution is 6.08. The van der Waals surface area contributed by atoms with E-state index < -0.39 is 17.0 Å². The van der Waals surface area contributed by atoms with E-state index in [9.17, 15) is 19.5 Å². The molecule has 2 unspecified atom stereocenters. The Labute approximate surface area is 231 Å². The number of aromatic nitrogens is 1. The van der Waals surface area contributed by atoms with Gasteiger partial charge in [-0.15, -0.1) is 0 Å². The normalized spacial score (nSPS) is 20.8. The highest BCUT2D eigenvalue weighted by Gasteiger charge is 2.42. The molecule has 2 aliphatic heterocycles. The van der Waals surface area contributed by atoms with E-state index in [0.717, 1.165) is 25.7 Å². The van der Waals surface area contributed by atoms with Gasteiger partial charge in [0.25, 0.3) is 0 Å². The minimum Gasteiger partial charge on any atom is -0.508 e. The number of allylic oxidation sites excluding steroid dienone is 1. The molecule has 0 spiro atoms. The second kappa shape index (κ2) is 10.1. The standard InChI is InChI=1S/C31H32FN3O5/c1-18(36)34-13-3-4-20-15-33(17-26(20)34)29-25(32)14-23-28(31(29)40-2)35(21-8-9-21)16-24(30(23)39)27(38)12-7-19-5-10-22(37)11-6-19/h5-7,10-12,14,16,20-21,26,37H,3-4,8-9,13,15,17H2,1-2H3/b12-7+. The molecule has 8 nitrogen and oxygen atoms in total. The molecule has 1 N–H and O–H groups in total. The molecule has 3 heterocycles. The highest BCUT2D eigenvalue weighted by Crippen LogP contribution is 2.45. The Bertz CT molecular complexity index is 1590. The van der Waals surface area contributed by atoms with Gasteiger partial charge in [-0.05, 0) is 61.4 Å². The summed E-state index contributed by atoms with van der Waals surface area (Å²) in [6, 6.07) is 7.68. The number of aromatic hydroxyl groups is 1. The van der Waals surface area contributed by atoms with E-state index >= 15 is 4.39 Å². The molecule has 9 heteroatoms. The number of carbonyl (C=O) groups excluding carboxylic acids is 2. The van der Waals surface area contributed by atoms with Crippen LogP contribution in [0.3, 0.4) is 0 Å². The van der Waals surface area contributed by atoms with Crippen LogP contribution in [0.2, 0.25) is 0 Å². The number of nitrogens with zero attached hydrogens (tertiary/aromatic N) is 3. The predicted molar refractivity (Wildman–Crippen MR) is 151 cm³/mol. The molecule has 0 radical (unpaired) electrons. The fraction of sp³-hybridized carbons (Fsp3) is 0.387. The van der Waals surface area contributed by atoms with Gasteiger partial charge in [-0.2, -0.15) is 0 Å². The lowest BCUT2D eigenvalue weighted by molar-refractivity contribution is -0.132. The number of likely N-dealkylation sites (tertiary alicyclic amines) is 1. The third-order valence-electron chi connectivity index (χ3n) is 8.43. The quantitative estimate of drug-likeness (QED) is 0.362. The third-order valence-corrected chi connectivity index (χ3v) is 8.43. The number of halogens is 1. The van der Waals surface area contributed by atoms with Gasteiger partial charge in [0.2, 0.25) is 11.3 Å². The van der Waals surface area contributed by atoms with Crippen LogP contribution in [-0.2, 0) is 4.79 Å². The minimum absolute atomic E-state index is 0.0112. The lowest BCUT2D eigenvalue weighted by Gasteiger charge is -2.36. The zero-order valence-corrected chi connectivity index (χ0v) is 22.6. The molecule has 1 saturated carbocycles. The van der Waals surface area contributed by atoms with Gasteiger partial charge in [0.05, 0.1) is 29.6 Å². The highest BCUT2D eigenvalue weighted by atomic mass is 19.1. The number of phenolic OH excluding ortho intramolecular Hbond substituents is 1. The SMILES string of the molecule is COc1c(N2CC3CCCN(C(C)=O)C3C2)c(F)cc2c(=O)c(C(=O)/C=C/c3ccc(O)cc3)cn(C3CC3)c12. The van der Waals surface area contributed by atoms with Crippen LogP contribution < -0.4 is 15.1 Å². The average molecular weight is 546 g/mol. The summed E-state index contributed by atoms with van der Waals surface area (Å²) in [4.78, 5) is 42.9. The van der Waals surface area contributed by atoms with E-state index in [1.165, 1.54) is 31.4 Å². The van der Waals surface area contributed by atoms with Gasteiger partial charge in [-0.25, -0.2) is 4.39 Å². The molecule has 0 bridgehead atoms. The van der Waals surface area contributed by atoms with Crippen LogP contribution in [0, 0.1) is 11.7 Å². The maximum absolute atomic E-state index is 15.9. The van der Waals surface area contributed by atoms with Gasteiger partial charge in [0, 0.05) is 38.8 Å². The Balaban J connectivity index is 1.43. The van der Waals surface area contributed by atoms with Crippen LogP contribution in [0.5, 0.6) is 11.5 Å². The monoisotopic (exact) mass is 545 g/mol. The molecule has 208 valence electrons. The first-order valence-corrected chi connectivity index (χ1v) is 13.8. The van der Waals surface area contributed by atoms with Crippen molar-refractivity contribution in [1.82, 2.24) is 9.47 Å². The Morgan fingerprint density at radius 2 is 1.88 bits per heavy atom. The zero-order valence-electron chi connectivity index (χ0n) is 22.6. The molecule has 1 aromatic heterocycles. The van der Waals surface area contributed by atoms with Crippen molar-refractivity contribution in [3.8, 4) is 11.5 Å². The summed E-state index contributed by atoms with van der Waals surface area (Å²) in [5.41, 5.74) is 0.903. The maximum Gasteiger partial charge on any atom is 0.219 e. The van der Waals surface area contributed by atoms with E-state index in [2.05, 4.69) is 0 Å². The van der Waals surface area contributed by atoms with Crippen LogP contribution in [0.15, 0.2) is 47.4 Å². The fourth-order valence-electron chi connectivity index (χ4n) is 6.35. The van der Waals surface area contributed by atoms with E-state index in [0.29, 0.717) is 36.4 Å². The summed E-state index contributed by atoms with van der Waals surface area (Å²) in [6.07, 6.45) is 8.13. The molecular formula is C31H32FN3O5. The van der Waals surface area contributed by atoms with Gasteiger partial charge in [0.1, 0.15) is 11.4 Å². The summed E-state index contributed by atoms with van der Waals surface area (Å²) in [5, 5.41) is 9.59. The Morgan fingerprint density at radius 3 is 2.55 bits per heavy atom. The number of carbonyl (C=O) groups is 2. The van der Waals surface area contributed by atoms with Crippen LogP contribution in [0.1, 0.15) is 54.6 Å². The van der Waals surface area contributed by atoms with Crippen LogP contribution in [0.4, 0.5) is 10.1 Å². The van der Waals surface area contributed by atoms with Crippen molar-refractivity contribution in [1.29, 1.82) is 0 Å². The first-order valence-electron chi connectivity index (χ1n) is 13.8. The van der Waals surface area contributed by atoms with Crippen LogP contribution in [0.25, 0.3) is 17.0 Å². The van der Waals surface area contributed by atoms with Crippen LogP contribution >= 0.6 is 0 Å². The molecule has 2 atom stereocenters. The number of methoxy groups -OCH3 is 1. The van der Waals surface area contributed by atoms with Crippen molar-refractivity contribution in [3.63, 3.8) is 0 Å². The number of ketones is 1. The largest absolute Gasteiger partial charge is 0.508 e. The first-order chi connectivity index (χ1) is 19.3. The Hall–Kier alpha value is -4.14. The Kier molecular flexibility index (Phi) is 6.60. The number of anilines is 1. The number of benzene rings is 2. The average Bonchev–Trinajstić information content (AvgIpc) is 3.69. The predicted octanol–water partition coefficient (Wildman–Crippen LogP) is 4.53. The van der Waals surface area contributed by atoms with E-state index in [1.807, 2.05) is 14.4 Å². The maximum atomic E-state index is 15.9. The smallest absolute Gasteiger partial charge is 0.219 e. The molecule has 3 aliphatic rings. The summed E-state index contributed by atoms with van der Waals surface area (Å²) < 4.78 is 23.7. The number of ether oxygens (including phenoxy) is 1. The Morgan fingerprint density at radius 1 is 1.12 bits per heavy atom. The number of amides is 1. The molecule has 2 aromatic carbocycles. The second-order valence-corrected chi connectivity index (χ2v) is 11.0. The van der Waals surface area contributed by atoms with E-state index in [-0.39, 0.29) is 46.4 Å². The molecule has 3 aromatic rings. The molecule has 6 rings (SSSR count). The van der Waals surface area contributed by atoms with Crippen molar-refractivity contribution in [2.24, 2.45) is 5.92 Å². The summed E-state index contributed by atoms with van der Waals surface area (Å²) in [7, 11) is 1.48. The van der Waals surface area contributed by atoms with Gasteiger partial charge in [0.15, 0.2) is 17.3 Å². The third kappa shape index (κ3) is 4.53. The number of pyridine rings is 1. The number of hydrogen-bond acceptors (Lipinski definition) is 6. The molecule has 1 amide bonds. The minimum atomic E-state index is -0.582. The van der Waals surface area contributed by atoms with Crippen molar-refractivity contribution in [2.45, 2.75) is 44.7 Å². The van der Waals surface area contributed by atoms with Gasteiger partial charge >= 0.3 is 0 Å². The van der Waals surface area contributed by atoms with Gasteiger partial charge < -0.3 is 24.2 Å². The molecule has 3 fully saturated rings. The lowest BCUT2D eigenvalue weighted by atomic mass is 9.92. The lowest BCUT2D eigenvalue weighted by Crippen LogP contribution is -2.47. The summed E-state index contributed by atoms with van der Waals surface area (Å²) in [6.45, 7) is 3.38. The number of rotatable bonds is 6. The van der Waals surface area contributed by atoms with E-state index in [1.54, 1.807) is 31.3 Å².